The molecule has 2 unspecified atom stereocenters. The lowest BCUT2D eigenvalue weighted by Gasteiger charge is -2.37. The van der Waals surface area contributed by atoms with Gasteiger partial charge in [0.05, 0.1) is 23.2 Å². The summed E-state index contributed by atoms with van der Waals surface area (Å²) in [5.41, 5.74) is 4.79. The van der Waals surface area contributed by atoms with Gasteiger partial charge in [-0.05, 0) is 26.7 Å². The van der Waals surface area contributed by atoms with E-state index in [1.807, 2.05) is 0 Å². The van der Waals surface area contributed by atoms with Gasteiger partial charge in [-0.3, -0.25) is 0 Å². The lowest BCUT2D eigenvalue weighted by molar-refractivity contribution is -0.0778. The van der Waals surface area contributed by atoms with Crippen molar-refractivity contribution in [2.75, 3.05) is 25.6 Å². The zero-order chi connectivity index (χ0) is 13.4. The first-order valence-electron chi connectivity index (χ1n) is 6.45. The van der Waals surface area contributed by atoms with Crippen molar-refractivity contribution < 1.29 is 17.9 Å². The van der Waals surface area contributed by atoms with Crippen LogP contribution in [0.25, 0.3) is 0 Å². The molecule has 6 heteroatoms. The molecule has 2 rings (SSSR count). The Morgan fingerprint density at radius 1 is 1.39 bits per heavy atom. The summed E-state index contributed by atoms with van der Waals surface area (Å²) in [7, 11) is -3.17. The Hall–Kier alpha value is -0.170. The number of sulfone groups is 1. The van der Waals surface area contributed by atoms with E-state index in [1.165, 1.54) is 0 Å². The van der Waals surface area contributed by atoms with Gasteiger partial charge in [-0.25, -0.2) is 8.42 Å². The highest BCUT2D eigenvalue weighted by molar-refractivity contribution is 7.92. The van der Waals surface area contributed by atoms with E-state index in [0.29, 0.717) is 32.7 Å². The second-order valence-electron chi connectivity index (χ2n) is 6.24. The van der Waals surface area contributed by atoms with Crippen LogP contribution in [0.4, 0.5) is 0 Å². The van der Waals surface area contributed by atoms with Crippen LogP contribution in [-0.2, 0) is 19.3 Å². The molecule has 0 saturated carbocycles. The van der Waals surface area contributed by atoms with Crippen molar-refractivity contribution >= 4 is 9.84 Å². The molecule has 18 heavy (non-hydrogen) atoms. The maximum absolute atomic E-state index is 12.4. The number of nitrogens with two attached hydrogens (primary N) is 1. The minimum atomic E-state index is -3.17. The van der Waals surface area contributed by atoms with Crippen LogP contribution in [0.5, 0.6) is 0 Å². The number of hydrogen-bond donors (Lipinski definition) is 1. The van der Waals surface area contributed by atoms with E-state index in [4.69, 9.17) is 15.2 Å². The van der Waals surface area contributed by atoms with Crippen molar-refractivity contribution in [2.45, 2.75) is 49.5 Å². The minimum absolute atomic E-state index is 0.0294. The average Bonchev–Trinajstić information content (AvgIpc) is 2.63. The van der Waals surface area contributed by atoms with Crippen LogP contribution in [-0.4, -0.2) is 50.4 Å². The van der Waals surface area contributed by atoms with E-state index in [1.54, 1.807) is 13.8 Å². The van der Waals surface area contributed by atoms with Crippen LogP contribution in [0.15, 0.2) is 0 Å². The number of hydrogen-bond acceptors (Lipinski definition) is 5. The molecule has 2 N–H and O–H groups in total. The normalized spacial score (nSPS) is 34.1. The molecular weight excluding hydrogens is 254 g/mol. The van der Waals surface area contributed by atoms with Crippen LogP contribution >= 0.6 is 0 Å². The minimum Gasteiger partial charge on any atom is -0.378 e. The number of ether oxygens (including phenoxy) is 2. The monoisotopic (exact) mass is 277 g/mol. The van der Waals surface area contributed by atoms with Crippen molar-refractivity contribution in [3.05, 3.63) is 0 Å². The Morgan fingerprint density at radius 2 is 2.11 bits per heavy atom. The standard InChI is InChI=1S/C12H23NO4S/c1-11(2,13)9-18(14,15)10-3-5-17-12(7-10)4-6-16-8-12/h10H,3-9,13H2,1-2H3. The van der Waals surface area contributed by atoms with Crippen LogP contribution < -0.4 is 5.73 Å². The summed E-state index contributed by atoms with van der Waals surface area (Å²) in [6.45, 7) is 5.18. The highest BCUT2D eigenvalue weighted by Crippen LogP contribution is 2.35. The van der Waals surface area contributed by atoms with Gasteiger partial charge in [0, 0.05) is 25.2 Å². The first-order chi connectivity index (χ1) is 8.23. The summed E-state index contributed by atoms with van der Waals surface area (Å²) in [6.07, 6.45) is 1.91. The van der Waals surface area contributed by atoms with Gasteiger partial charge in [0.2, 0.25) is 0 Å². The molecule has 0 radical (unpaired) electrons. The molecule has 0 aromatic heterocycles. The second kappa shape index (κ2) is 4.74. The second-order valence-corrected chi connectivity index (χ2v) is 8.53. The third kappa shape index (κ3) is 3.23. The van der Waals surface area contributed by atoms with Crippen molar-refractivity contribution in [3.8, 4) is 0 Å². The highest BCUT2D eigenvalue weighted by atomic mass is 32.2. The molecule has 0 aliphatic carbocycles. The molecule has 106 valence electrons. The Labute approximate surface area is 109 Å². The molecule has 2 aliphatic heterocycles. The molecule has 0 bridgehead atoms. The molecule has 0 aromatic rings. The van der Waals surface area contributed by atoms with Crippen molar-refractivity contribution in [1.82, 2.24) is 0 Å². The molecule has 0 aromatic carbocycles. The zero-order valence-corrected chi connectivity index (χ0v) is 12.0. The van der Waals surface area contributed by atoms with Gasteiger partial charge in [0.15, 0.2) is 9.84 Å². The van der Waals surface area contributed by atoms with Gasteiger partial charge in [-0.2, -0.15) is 0 Å². The highest BCUT2D eigenvalue weighted by Gasteiger charge is 2.45. The van der Waals surface area contributed by atoms with Gasteiger partial charge >= 0.3 is 0 Å². The van der Waals surface area contributed by atoms with Crippen LogP contribution in [0.2, 0.25) is 0 Å². The predicted octanol–water partition coefficient (Wildman–Crippen LogP) is 0.477. The van der Waals surface area contributed by atoms with Crippen molar-refractivity contribution in [1.29, 1.82) is 0 Å². The van der Waals surface area contributed by atoms with Gasteiger partial charge < -0.3 is 15.2 Å². The summed E-state index contributed by atoms with van der Waals surface area (Å²) in [4.78, 5) is 0. The van der Waals surface area contributed by atoms with Crippen molar-refractivity contribution in [2.24, 2.45) is 5.73 Å². The fourth-order valence-electron chi connectivity index (χ4n) is 2.79. The maximum Gasteiger partial charge on any atom is 0.155 e. The molecule has 2 heterocycles. The fourth-order valence-corrected chi connectivity index (χ4v) is 5.07. The molecular formula is C12H23NO4S. The molecule has 5 nitrogen and oxygen atoms in total. The van der Waals surface area contributed by atoms with Crippen LogP contribution in [0.3, 0.4) is 0 Å². The van der Waals surface area contributed by atoms with Gasteiger partial charge in [-0.15, -0.1) is 0 Å². The van der Waals surface area contributed by atoms with Gasteiger partial charge in [0.25, 0.3) is 0 Å². The zero-order valence-electron chi connectivity index (χ0n) is 11.1. The van der Waals surface area contributed by atoms with Crippen LogP contribution in [0.1, 0.15) is 33.1 Å². The number of rotatable bonds is 3. The average molecular weight is 277 g/mol. The van der Waals surface area contributed by atoms with Crippen molar-refractivity contribution in [3.63, 3.8) is 0 Å². The molecule has 2 atom stereocenters. The third-order valence-corrected chi connectivity index (χ3v) is 6.16. The van der Waals surface area contributed by atoms with Gasteiger partial charge in [0.1, 0.15) is 0 Å². The maximum atomic E-state index is 12.4. The lowest BCUT2D eigenvalue weighted by Crippen LogP contribution is -2.49. The first kappa shape index (κ1) is 14.2. The first-order valence-corrected chi connectivity index (χ1v) is 8.16. The quantitative estimate of drug-likeness (QED) is 0.811. The SMILES string of the molecule is CC(C)(N)CS(=O)(=O)C1CCOC2(CCOC2)C1. The summed E-state index contributed by atoms with van der Waals surface area (Å²) in [5.74, 6) is 0.0294. The van der Waals surface area contributed by atoms with E-state index in [9.17, 15) is 8.42 Å². The van der Waals surface area contributed by atoms with E-state index in [2.05, 4.69) is 0 Å². The molecule has 2 aliphatic rings. The molecule has 0 amide bonds. The molecule has 2 saturated heterocycles. The van der Waals surface area contributed by atoms with E-state index < -0.39 is 15.4 Å². The Kier molecular flexibility index (Phi) is 3.75. The molecule has 2 fully saturated rings. The molecule has 1 spiro atoms. The Balaban J connectivity index is 2.09. The predicted molar refractivity (Wildman–Crippen MR) is 69.2 cm³/mol. The summed E-state index contributed by atoms with van der Waals surface area (Å²) in [6, 6.07) is 0. The van der Waals surface area contributed by atoms with E-state index >= 15 is 0 Å². The smallest absolute Gasteiger partial charge is 0.155 e. The third-order valence-electron chi connectivity index (χ3n) is 3.60. The summed E-state index contributed by atoms with van der Waals surface area (Å²) in [5, 5.41) is -0.337. The van der Waals surface area contributed by atoms with E-state index in [0.717, 1.165) is 6.42 Å². The lowest BCUT2D eigenvalue weighted by atomic mass is 9.93. The van der Waals surface area contributed by atoms with Gasteiger partial charge in [-0.1, -0.05) is 0 Å². The summed E-state index contributed by atoms with van der Waals surface area (Å²) >= 11 is 0. The summed E-state index contributed by atoms with van der Waals surface area (Å²) < 4.78 is 35.8. The largest absolute Gasteiger partial charge is 0.378 e. The fraction of sp³-hybridized carbons (Fsp3) is 1.00. The van der Waals surface area contributed by atoms with E-state index in [-0.39, 0.29) is 16.6 Å². The Morgan fingerprint density at radius 3 is 2.67 bits per heavy atom. The Bertz CT molecular complexity index is 393. The van der Waals surface area contributed by atoms with Crippen LogP contribution in [0, 0.1) is 0 Å². The topological polar surface area (TPSA) is 78.6 Å².